The molecule has 6 nitrogen and oxygen atoms in total. The fraction of sp³-hybridized carbons (Fsp3) is 0.286. The second-order valence-corrected chi connectivity index (χ2v) is 6.33. The largest absolute Gasteiger partial charge is 0.465 e. The number of hydrogen-bond donors (Lipinski definition) is 2. The number of carbonyl (C=O) groups excluding carboxylic acids is 3. The zero-order chi connectivity index (χ0) is 19.8. The number of nitrogens with one attached hydrogen (secondary N) is 2. The first-order valence-corrected chi connectivity index (χ1v) is 8.66. The van der Waals surface area contributed by atoms with Gasteiger partial charge in [-0.3, -0.25) is 9.59 Å². The zero-order valence-corrected chi connectivity index (χ0v) is 15.7. The van der Waals surface area contributed by atoms with E-state index in [1.54, 1.807) is 24.3 Å². The van der Waals surface area contributed by atoms with E-state index < -0.39 is 5.97 Å². The van der Waals surface area contributed by atoms with Crippen molar-refractivity contribution in [1.29, 1.82) is 0 Å². The molecule has 0 saturated heterocycles. The van der Waals surface area contributed by atoms with Crippen molar-refractivity contribution in [1.82, 2.24) is 10.6 Å². The molecule has 1 atom stereocenters. The van der Waals surface area contributed by atoms with Crippen LogP contribution >= 0.6 is 0 Å². The van der Waals surface area contributed by atoms with Crippen molar-refractivity contribution in [2.75, 3.05) is 7.11 Å². The van der Waals surface area contributed by atoms with Crippen molar-refractivity contribution in [3.05, 3.63) is 70.8 Å². The van der Waals surface area contributed by atoms with Gasteiger partial charge in [0, 0.05) is 13.5 Å². The van der Waals surface area contributed by atoms with E-state index >= 15 is 0 Å². The van der Waals surface area contributed by atoms with Crippen molar-refractivity contribution < 1.29 is 19.1 Å². The number of amides is 2. The number of esters is 1. The monoisotopic (exact) mass is 368 g/mol. The van der Waals surface area contributed by atoms with Crippen LogP contribution in [0.25, 0.3) is 0 Å². The van der Waals surface area contributed by atoms with E-state index in [9.17, 15) is 14.4 Å². The normalized spacial score (nSPS) is 11.4. The Morgan fingerprint density at radius 1 is 1.00 bits per heavy atom. The highest BCUT2D eigenvalue weighted by molar-refractivity contribution is 5.89. The van der Waals surface area contributed by atoms with Gasteiger partial charge in [0.15, 0.2) is 0 Å². The first-order valence-electron chi connectivity index (χ1n) is 8.66. The third-order valence-electron chi connectivity index (χ3n) is 4.11. The third-order valence-corrected chi connectivity index (χ3v) is 4.11. The molecule has 0 aliphatic heterocycles. The Kier molecular flexibility index (Phi) is 7.11. The lowest BCUT2D eigenvalue weighted by Crippen LogP contribution is -2.32. The molecule has 2 N–H and O–H groups in total. The van der Waals surface area contributed by atoms with Gasteiger partial charge in [0.1, 0.15) is 0 Å². The van der Waals surface area contributed by atoms with Crippen LogP contribution in [0.2, 0.25) is 0 Å². The van der Waals surface area contributed by atoms with Gasteiger partial charge in [0.2, 0.25) is 11.8 Å². The van der Waals surface area contributed by atoms with Crippen LogP contribution in [0.4, 0.5) is 0 Å². The van der Waals surface area contributed by atoms with Crippen molar-refractivity contribution in [3.63, 3.8) is 0 Å². The molecule has 0 saturated carbocycles. The smallest absolute Gasteiger partial charge is 0.337 e. The summed E-state index contributed by atoms with van der Waals surface area (Å²) in [5.41, 5.74) is 3.31. The van der Waals surface area contributed by atoms with Gasteiger partial charge in [-0.25, -0.2) is 4.79 Å². The maximum Gasteiger partial charge on any atom is 0.337 e. The lowest BCUT2D eigenvalue weighted by atomic mass is 10.0. The van der Waals surface area contributed by atoms with Gasteiger partial charge in [0.25, 0.3) is 0 Å². The van der Waals surface area contributed by atoms with Gasteiger partial charge in [-0.2, -0.15) is 0 Å². The van der Waals surface area contributed by atoms with E-state index in [0.717, 1.165) is 16.7 Å². The Balaban J connectivity index is 1.96. The lowest BCUT2D eigenvalue weighted by Gasteiger charge is -2.18. The SMILES string of the molecule is COC(=O)c1ccc(CNC(=O)C[C@@H](NC(C)=O)c2ccc(C)cc2)cc1. The van der Waals surface area contributed by atoms with Crippen LogP contribution in [-0.4, -0.2) is 24.9 Å². The molecule has 0 unspecified atom stereocenters. The molecule has 0 fully saturated rings. The Morgan fingerprint density at radius 2 is 1.63 bits per heavy atom. The molecule has 0 spiro atoms. The number of hydrogen-bond acceptors (Lipinski definition) is 4. The van der Waals surface area contributed by atoms with E-state index in [1.165, 1.54) is 14.0 Å². The van der Waals surface area contributed by atoms with Crippen LogP contribution < -0.4 is 10.6 Å². The molecular weight excluding hydrogens is 344 g/mol. The lowest BCUT2D eigenvalue weighted by molar-refractivity contribution is -0.122. The molecule has 2 aromatic carbocycles. The quantitative estimate of drug-likeness (QED) is 0.736. The van der Waals surface area contributed by atoms with Crippen LogP contribution in [0, 0.1) is 6.92 Å². The average Bonchev–Trinajstić information content (AvgIpc) is 2.66. The molecule has 2 rings (SSSR count). The van der Waals surface area contributed by atoms with Crippen LogP contribution in [0.5, 0.6) is 0 Å². The van der Waals surface area contributed by atoms with Gasteiger partial charge in [-0.05, 0) is 30.2 Å². The summed E-state index contributed by atoms with van der Waals surface area (Å²) < 4.78 is 4.66. The van der Waals surface area contributed by atoms with Crippen LogP contribution in [0.1, 0.15) is 46.4 Å². The topological polar surface area (TPSA) is 84.5 Å². The minimum atomic E-state index is -0.401. The van der Waals surface area contributed by atoms with Gasteiger partial charge in [-0.15, -0.1) is 0 Å². The highest BCUT2D eigenvalue weighted by atomic mass is 16.5. The molecule has 0 radical (unpaired) electrons. The Labute approximate surface area is 158 Å². The summed E-state index contributed by atoms with van der Waals surface area (Å²) in [6.07, 6.45) is 0.142. The first-order chi connectivity index (χ1) is 12.9. The molecule has 0 aliphatic rings. The molecule has 27 heavy (non-hydrogen) atoms. The van der Waals surface area contributed by atoms with Crippen molar-refractivity contribution in [2.45, 2.75) is 32.9 Å². The van der Waals surface area contributed by atoms with Crippen molar-refractivity contribution in [2.24, 2.45) is 0 Å². The summed E-state index contributed by atoms with van der Waals surface area (Å²) in [4.78, 5) is 35.2. The number of benzene rings is 2. The molecule has 0 bridgehead atoms. The molecule has 0 aliphatic carbocycles. The van der Waals surface area contributed by atoms with Crippen LogP contribution in [-0.2, 0) is 20.9 Å². The summed E-state index contributed by atoms with van der Waals surface area (Å²) in [5.74, 6) is -0.764. The summed E-state index contributed by atoms with van der Waals surface area (Å²) in [6.45, 7) is 3.75. The molecular formula is C21H24N2O4. The minimum absolute atomic E-state index is 0.142. The second-order valence-electron chi connectivity index (χ2n) is 6.33. The average molecular weight is 368 g/mol. The summed E-state index contributed by atoms with van der Waals surface area (Å²) in [7, 11) is 1.33. The van der Waals surface area contributed by atoms with Gasteiger partial charge in [0.05, 0.1) is 25.1 Å². The molecule has 142 valence electrons. The minimum Gasteiger partial charge on any atom is -0.465 e. The van der Waals surface area contributed by atoms with Gasteiger partial charge in [-0.1, -0.05) is 42.0 Å². The summed E-state index contributed by atoms with van der Waals surface area (Å²) >= 11 is 0. The van der Waals surface area contributed by atoms with E-state index in [0.29, 0.717) is 12.1 Å². The van der Waals surface area contributed by atoms with Gasteiger partial charge >= 0.3 is 5.97 Å². The summed E-state index contributed by atoms with van der Waals surface area (Å²) in [5, 5.41) is 5.66. The van der Waals surface area contributed by atoms with E-state index in [2.05, 4.69) is 15.4 Å². The fourth-order valence-corrected chi connectivity index (χ4v) is 2.63. The fourth-order valence-electron chi connectivity index (χ4n) is 2.63. The summed E-state index contributed by atoms with van der Waals surface area (Å²) in [6, 6.07) is 14.2. The maximum atomic E-state index is 12.3. The van der Waals surface area contributed by atoms with Crippen LogP contribution in [0.15, 0.2) is 48.5 Å². The third kappa shape index (κ3) is 6.26. The molecule has 6 heteroatoms. The van der Waals surface area contributed by atoms with Crippen LogP contribution in [0.3, 0.4) is 0 Å². The number of aryl methyl sites for hydroxylation is 1. The standard InChI is InChI=1S/C21H24N2O4/c1-14-4-8-17(9-5-14)19(23-15(2)24)12-20(25)22-13-16-6-10-18(11-7-16)21(26)27-3/h4-11,19H,12-13H2,1-3H3,(H,22,25)(H,23,24)/t19-/m1/s1. The number of methoxy groups -OCH3 is 1. The molecule has 0 aromatic heterocycles. The second kappa shape index (κ2) is 9.52. The predicted molar refractivity (Wildman–Crippen MR) is 102 cm³/mol. The van der Waals surface area contributed by atoms with E-state index in [-0.39, 0.29) is 24.3 Å². The van der Waals surface area contributed by atoms with Crippen molar-refractivity contribution in [3.8, 4) is 0 Å². The Hall–Kier alpha value is -3.15. The number of rotatable bonds is 7. The highest BCUT2D eigenvalue weighted by Crippen LogP contribution is 2.17. The Bertz CT molecular complexity index is 798. The van der Waals surface area contributed by atoms with Gasteiger partial charge < -0.3 is 15.4 Å². The number of ether oxygens (including phenoxy) is 1. The molecule has 2 amide bonds. The van der Waals surface area contributed by atoms with E-state index in [1.807, 2.05) is 31.2 Å². The van der Waals surface area contributed by atoms with E-state index in [4.69, 9.17) is 0 Å². The maximum absolute atomic E-state index is 12.3. The number of carbonyl (C=O) groups is 3. The highest BCUT2D eigenvalue weighted by Gasteiger charge is 2.17. The zero-order valence-electron chi connectivity index (χ0n) is 15.7. The predicted octanol–water partition coefficient (Wildman–Crippen LogP) is 2.67. The van der Waals surface area contributed by atoms with Crippen molar-refractivity contribution >= 4 is 17.8 Å². The molecule has 2 aromatic rings. The first kappa shape index (κ1) is 20.2. The Morgan fingerprint density at radius 3 is 2.19 bits per heavy atom. The molecule has 0 heterocycles.